The molecule has 0 aliphatic rings. The number of nitrogens with one attached hydrogen (secondary N) is 2. The summed E-state index contributed by atoms with van der Waals surface area (Å²) in [6, 6.07) is 11.7. The van der Waals surface area contributed by atoms with Crippen molar-refractivity contribution in [1.82, 2.24) is 5.32 Å². The summed E-state index contributed by atoms with van der Waals surface area (Å²) in [6.07, 6.45) is 0. The van der Waals surface area contributed by atoms with Crippen molar-refractivity contribution in [3.8, 4) is 11.5 Å². The molecular weight excluding hydrogens is 268 g/mol. The third kappa shape index (κ3) is 3.52. The lowest BCUT2D eigenvalue weighted by atomic mass is 10.1. The fraction of sp³-hybridized carbons (Fsp3) is 0.188. The zero-order valence-electron chi connectivity index (χ0n) is 11.9. The lowest BCUT2D eigenvalue weighted by molar-refractivity contribution is 0.102. The molecule has 21 heavy (non-hydrogen) atoms. The zero-order chi connectivity index (χ0) is 15.4. The van der Waals surface area contributed by atoms with Crippen LogP contribution in [0.15, 0.2) is 42.5 Å². The van der Waals surface area contributed by atoms with Crippen LogP contribution in [0.25, 0.3) is 0 Å². The molecule has 2 aromatic carbocycles. The van der Waals surface area contributed by atoms with Crippen molar-refractivity contribution in [3.63, 3.8) is 0 Å². The van der Waals surface area contributed by atoms with Crippen LogP contribution in [0.1, 0.15) is 28.9 Å². The van der Waals surface area contributed by atoms with Crippen LogP contribution in [0.3, 0.4) is 0 Å². The molecule has 2 rings (SSSR count). The highest BCUT2D eigenvalue weighted by Gasteiger charge is 2.10. The molecule has 0 aliphatic heterocycles. The van der Waals surface area contributed by atoms with Gasteiger partial charge >= 0.3 is 0 Å². The molecule has 0 saturated heterocycles. The Morgan fingerprint density at radius 2 is 1.86 bits per heavy atom. The van der Waals surface area contributed by atoms with E-state index in [1.165, 1.54) is 18.2 Å². The number of aromatic hydroxyl groups is 2. The van der Waals surface area contributed by atoms with Crippen molar-refractivity contribution in [1.29, 1.82) is 0 Å². The third-order valence-electron chi connectivity index (χ3n) is 3.32. The number of carbonyl (C=O) groups excluding carboxylic acids is 1. The molecule has 5 nitrogen and oxygen atoms in total. The Morgan fingerprint density at radius 3 is 2.52 bits per heavy atom. The van der Waals surface area contributed by atoms with E-state index < -0.39 is 0 Å². The first-order chi connectivity index (χ1) is 10.0. The Bertz CT molecular complexity index is 656. The van der Waals surface area contributed by atoms with Crippen molar-refractivity contribution in [2.45, 2.75) is 13.0 Å². The normalized spacial score (nSPS) is 11.9. The highest BCUT2D eigenvalue weighted by atomic mass is 16.3. The number of rotatable bonds is 4. The largest absolute Gasteiger partial charge is 0.504 e. The van der Waals surface area contributed by atoms with Crippen molar-refractivity contribution >= 4 is 11.6 Å². The van der Waals surface area contributed by atoms with Gasteiger partial charge in [-0.15, -0.1) is 0 Å². The van der Waals surface area contributed by atoms with E-state index in [1.54, 1.807) is 6.07 Å². The van der Waals surface area contributed by atoms with Gasteiger partial charge in [-0.2, -0.15) is 0 Å². The first kappa shape index (κ1) is 14.9. The summed E-state index contributed by atoms with van der Waals surface area (Å²) in [5.74, 6) is -0.920. The third-order valence-corrected chi connectivity index (χ3v) is 3.32. The summed E-state index contributed by atoms with van der Waals surface area (Å²) in [4.78, 5) is 12.1. The Kier molecular flexibility index (Phi) is 4.45. The molecule has 0 fully saturated rings. The minimum Gasteiger partial charge on any atom is -0.504 e. The molecule has 4 N–H and O–H groups in total. The van der Waals surface area contributed by atoms with Crippen LogP contribution in [0, 0.1) is 0 Å². The maximum absolute atomic E-state index is 12.1. The standard InChI is InChI=1S/C16H18N2O3/c1-10(17-2)11-4-3-5-13(8-11)18-16(21)12-6-7-14(19)15(20)9-12/h3-10,17,19-20H,1-2H3,(H,18,21). The predicted molar refractivity (Wildman–Crippen MR) is 81.6 cm³/mol. The van der Waals surface area contributed by atoms with Crippen LogP contribution >= 0.6 is 0 Å². The summed E-state index contributed by atoms with van der Waals surface area (Å²) < 4.78 is 0. The molecule has 1 amide bonds. The van der Waals surface area contributed by atoms with Gasteiger partial charge in [-0.05, 0) is 49.9 Å². The number of carbonyl (C=O) groups is 1. The Hall–Kier alpha value is -2.53. The molecule has 1 atom stereocenters. The van der Waals surface area contributed by atoms with Gasteiger partial charge in [0.2, 0.25) is 0 Å². The highest BCUT2D eigenvalue weighted by molar-refractivity contribution is 6.04. The van der Waals surface area contributed by atoms with Gasteiger partial charge in [-0.1, -0.05) is 12.1 Å². The number of benzene rings is 2. The van der Waals surface area contributed by atoms with E-state index in [2.05, 4.69) is 10.6 Å². The summed E-state index contributed by atoms with van der Waals surface area (Å²) in [7, 11) is 1.87. The van der Waals surface area contributed by atoms with Crippen LogP contribution in [0.5, 0.6) is 11.5 Å². The minimum absolute atomic E-state index is 0.180. The van der Waals surface area contributed by atoms with E-state index in [4.69, 9.17) is 0 Å². The molecular formula is C16H18N2O3. The molecule has 0 heterocycles. The first-order valence-electron chi connectivity index (χ1n) is 6.62. The van der Waals surface area contributed by atoms with Gasteiger partial charge in [0.1, 0.15) is 0 Å². The quantitative estimate of drug-likeness (QED) is 0.651. The van der Waals surface area contributed by atoms with Gasteiger partial charge in [0.25, 0.3) is 5.91 Å². The number of amides is 1. The monoisotopic (exact) mass is 286 g/mol. The van der Waals surface area contributed by atoms with Gasteiger partial charge in [0.05, 0.1) is 0 Å². The first-order valence-corrected chi connectivity index (χ1v) is 6.62. The molecule has 2 aromatic rings. The average Bonchev–Trinajstić information content (AvgIpc) is 2.49. The number of hydrogen-bond donors (Lipinski definition) is 4. The topological polar surface area (TPSA) is 81.6 Å². The lowest BCUT2D eigenvalue weighted by Crippen LogP contribution is -2.14. The maximum Gasteiger partial charge on any atom is 0.255 e. The molecule has 0 aromatic heterocycles. The van der Waals surface area contributed by atoms with Crippen LogP contribution in [-0.4, -0.2) is 23.2 Å². The van der Waals surface area contributed by atoms with Gasteiger partial charge in [-0.25, -0.2) is 0 Å². The second kappa shape index (κ2) is 6.28. The second-order valence-electron chi connectivity index (χ2n) is 4.79. The Balaban J connectivity index is 2.17. The van der Waals surface area contributed by atoms with Gasteiger partial charge in [0, 0.05) is 17.3 Å². The number of hydrogen-bond acceptors (Lipinski definition) is 4. The van der Waals surface area contributed by atoms with E-state index >= 15 is 0 Å². The van der Waals surface area contributed by atoms with Crippen molar-refractivity contribution in [2.24, 2.45) is 0 Å². The van der Waals surface area contributed by atoms with Gasteiger partial charge < -0.3 is 20.8 Å². The molecule has 110 valence electrons. The molecule has 5 heteroatoms. The fourth-order valence-corrected chi connectivity index (χ4v) is 1.92. The van der Waals surface area contributed by atoms with E-state index in [-0.39, 0.29) is 29.0 Å². The number of phenols is 2. The molecule has 0 saturated carbocycles. The molecule has 0 radical (unpaired) electrons. The van der Waals surface area contributed by atoms with Crippen LogP contribution < -0.4 is 10.6 Å². The summed E-state index contributed by atoms with van der Waals surface area (Å²) in [6.45, 7) is 2.03. The fourth-order valence-electron chi connectivity index (χ4n) is 1.92. The molecule has 0 aliphatic carbocycles. The van der Waals surface area contributed by atoms with Gasteiger partial charge in [0.15, 0.2) is 11.5 Å². The summed E-state index contributed by atoms with van der Waals surface area (Å²) >= 11 is 0. The van der Waals surface area contributed by atoms with E-state index in [0.717, 1.165) is 5.56 Å². The van der Waals surface area contributed by atoms with E-state index in [0.29, 0.717) is 5.69 Å². The van der Waals surface area contributed by atoms with Crippen molar-refractivity contribution in [3.05, 3.63) is 53.6 Å². The molecule has 0 bridgehead atoms. The minimum atomic E-state index is -0.348. The SMILES string of the molecule is CNC(C)c1cccc(NC(=O)c2ccc(O)c(O)c2)c1. The number of phenolic OH excluding ortho intramolecular Hbond substituents is 2. The van der Waals surface area contributed by atoms with Crippen LogP contribution in [0.4, 0.5) is 5.69 Å². The Morgan fingerprint density at radius 1 is 1.10 bits per heavy atom. The zero-order valence-corrected chi connectivity index (χ0v) is 11.9. The van der Waals surface area contributed by atoms with Crippen molar-refractivity contribution in [2.75, 3.05) is 12.4 Å². The second-order valence-corrected chi connectivity index (χ2v) is 4.79. The number of anilines is 1. The maximum atomic E-state index is 12.1. The van der Waals surface area contributed by atoms with E-state index in [1.807, 2.05) is 32.2 Å². The smallest absolute Gasteiger partial charge is 0.255 e. The average molecular weight is 286 g/mol. The van der Waals surface area contributed by atoms with Crippen LogP contribution in [0.2, 0.25) is 0 Å². The molecule has 1 unspecified atom stereocenters. The Labute approximate surface area is 123 Å². The lowest BCUT2D eigenvalue weighted by Gasteiger charge is -2.12. The van der Waals surface area contributed by atoms with E-state index in [9.17, 15) is 15.0 Å². The van der Waals surface area contributed by atoms with Crippen LogP contribution in [-0.2, 0) is 0 Å². The van der Waals surface area contributed by atoms with Crippen molar-refractivity contribution < 1.29 is 15.0 Å². The summed E-state index contributed by atoms with van der Waals surface area (Å²) in [5.41, 5.74) is 2.01. The molecule has 0 spiro atoms. The van der Waals surface area contributed by atoms with Gasteiger partial charge in [-0.3, -0.25) is 4.79 Å². The highest BCUT2D eigenvalue weighted by Crippen LogP contribution is 2.25. The summed E-state index contributed by atoms with van der Waals surface area (Å²) in [5, 5.41) is 24.6. The predicted octanol–water partition coefficient (Wildman–Crippen LogP) is 2.63.